The van der Waals surface area contributed by atoms with Crippen molar-refractivity contribution in [2.75, 3.05) is 0 Å². The average molecular weight is 319 g/mol. The Labute approximate surface area is 121 Å². The quantitative estimate of drug-likeness (QED) is 0.633. The molecule has 0 saturated carbocycles. The molecule has 2 aromatic rings. The fraction of sp³-hybridized carbons (Fsp3) is 0.200. The van der Waals surface area contributed by atoms with Crippen molar-refractivity contribution >= 4 is 27.8 Å². The van der Waals surface area contributed by atoms with Crippen molar-refractivity contribution < 1.29 is 4.79 Å². The number of hydrogen-bond acceptors (Lipinski definition) is 2. The van der Waals surface area contributed by atoms with Crippen LogP contribution in [0, 0.1) is 6.92 Å². The van der Waals surface area contributed by atoms with E-state index in [9.17, 15) is 4.79 Å². The lowest BCUT2D eigenvalue weighted by Gasteiger charge is -2.01. The molecule has 0 atom stereocenters. The van der Waals surface area contributed by atoms with Crippen molar-refractivity contribution in [1.29, 1.82) is 0 Å². The molecule has 1 heterocycles. The van der Waals surface area contributed by atoms with Crippen LogP contribution in [-0.4, -0.2) is 15.6 Å². The Bertz CT molecular complexity index is 612. The van der Waals surface area contributed by atoms with Crippen molar-refractivity contribution in [3.05, 3.63) is 57.8 Å². The van der Waals surface area contributed by atoms with E-state index in [4.69, 9.17) is 0 Å². The molecular formula is C15H15BrN2O. The molecule has 19 heavy (non-hydrogen) atoms. The number of carbonyl (C=O) groups is 1. The van der Waals surface area contributed by atoms with Crippen molar-refractivity contribution in [2.45, 2.75) is 20.4 Å². The molecule has 3 nitrogen and oxygen atoms in total. The number of hydrogen-bond donors (Lipinski definition) is 0. The van der Waals surface area contributed by atoms with E-state index in [0.29, 0.717) is 12.2 Å². The van der Waals surface area contributed by atoms with Gasteiger partial charge in [0, 0.05) is 6.54 Å². The van der Waals surface area contributed by atoms with Crippen LogP contribution in [0.5, 0.6) is 0 Å². The molecule has 1 aromatic heterocycles. The van der Waals surface area contributed by atoms with E-state index in [0.717, 1.165) is 10.0 Å². The number of aryl methyl sites for hydroxylation is 2. The van der Waals surface area contributed by atoms with Gasteiger partial charge in [-0.25, -0.2) is 0 Å². The third-order valence-electron chi connectivity index (χ3n) is 2.83. The summed E-state index contributed by atoms with van der Waals surface area (Å²) >= 11 is 3.36. The molecule has 98 valence electrons. The predicted molar refractivity (Wildman–Crippen MR) is 80.1 cm³/mol. The van der Waals surface area contributed by atoms with Crippen LogP contribution in [0.1, 0.15) is 28.5 Å². The molecule has 1 aromatic carbocycles. The Balaban J connectivity index is 2.21. The number of ketones is 1. The molecule has 0 N–H and O–H groups in total. The van der Waals surface area contributed by atoms with E-state index in [1.807, 2.05) is 44.2 Å². The van der Waals surface area contributed by atoms with E-state index in [1.165, 1.54) is 5.56 Å². The summed E-state index contributed by atoms with van der Waals surface area (Å²) in [5.74, 6) is -0.0493. The van der Waals surface area contributed by atoms with Gasteiger partial charge in [0.25, 0.3) is 0 Å². The highest BCUT2D eigenvalue weighted by Crippen LogP contribution is 2.17. The van der Waals surface area contributed by atoms with Crippen molar-refractivity contribution in [2.24, 2.45) is 0 Å². The van der Waals surface area contributed by atoms with Gasteiger partial charge in [-0.1, -0.05) is 35.9 Å². The maximum absolute atomic E-state index is 12.2. The van der Waals surface area contributed by atoms with E-state index < -0.39 is 0 Å². The zero-order chi connectivity index (χ0) is 13.8. The maximum atomic E-state index is 12.2. The summed E-state index contributed by atoms with van der Waals surface area (Å²) in [7, 11) is 0. The lowest BCUT2D eigenvalue weighted by Crippen LogP contribution is -2.07. The Morgan fingerprint density at radius 2 is 2.05 bits per heavy atom. The van der Waals surface area contributed by atoms with Gasteiger partial charge in [-0.15, -0.1) is 0 Å². The third-order valence-corrected chi connectivity index (χ3v) is 3.41. The largest absolute Gasteiger partial charge is 0.288 e. The van der Waals surface area contributed by atoms with Crippen LogP contribution in [0.2, 0.25) is 0 Å². The second kappa shape index (κ2) is 5.97. The summed E-state index contributed by atoms with van der Waals surface area (Å²) in [6, 6.07) is 8.03. The lowest BCUT2D eigenvalue weighted by atomic mass is 10.1. The summed E-state index contributed by atoms with van der Waals surface area (Å²) in [5.41, 5.74) is 2.80. The maximum Gasteiger partial charge on any atom is 0.205 e. The van der Waals surface area contributed by atoms with Gasteiger partial charge in [0.1, 0.15) is 5.69 Å². The molecule has 0 bridgehead atoms. The second-order valence-electron chi connectivity index (χ2n) is 4.27. The number of rotatable bonds is 4. The summed E-state index contributed by atoms with van der Waals surface area (Å²) in [5, 5.41) is 4.14. The minimum absolute atomic E-state index is 0.0493. The molecule has 4 heteroatoms. The minimum atomic E-state index is -0.0493. The molecule has 0 aliphatic carbocycles. The summed E-state index contributed by atoms with van der Waals surface area (Å²) < 4.78 is 2.42. The first-order valence-electron chi connectivity index (χ1n) is 6.12. The molecule has 0 unspecified atom stereocenters. The van der Waals surface area contributed by atoms with E-state index in [-0.39, 0.29) is 5.78 Å². The highest BCUT2D eigenvalue weighted by molar-refractivity contribution is 9.10. The molecule has 0 aliphatic rings. The van der Waals surface area contributed by atoms with E-state index >= 15 is 0 Å². The normalized spacial score (nSPS) is 11.1. The number of halogens is 1. The fourth-order valence-corrected chi connectivity index (χ4v) is 2.27. The Morgan fingerprint density at radius 3 is 2.68 bits per heavy atom. The van der Waals surface area contributed by atoms with Gasteiger partial charge in [0.05, 0.1) is 10.7 Å². The zero-order valence-corrected chi connectivity index (χ0v) is 12.5. The smallest absolute Gasteiger partial charge is 0.205 e. The van der Waals surface area contributed by atoms with Gasteiger partial charge in [0.15, 0.2) is 0 Å². The summed E-state index contributed by atoms with van der Waals surface area (Å²) in [6.07, 6.45) is 5.05. The summed E-state index contributed by atoms with van der Waals surface area (Å²) in [6.45, 7) is 4.67. The van der Waals surface area contributed by atoms with Crippen molar-refractivity contribution in [3.63, 3.8) is 0 Å². The average Bonchev–Trinajstić information content (AvgIpc) is 2.79. The topological polar surface area (TPSA) is 34.9 Å². The molecule has 0 radical (unpaired) electrons. The number of benzene rings is 1. The predicted octanol–water partition coefficient (Wildman–Crippen LogP) is 3.87. The van der Waals surface area contributed by atoms with Gasteiger partial charge in [-0.3, -0.25) is 9.48 Å². The SMILES string of the molecule is CCn1ncc(Br)c1C(=O)/C=C/c1ccc(C)cc1. The Hall–Kier alpha value is -1.68. The number of aromatic nitrogens is 2. The van der Waals surface area contributed by atoms with Gasteiger partial charge >= 0.3 is 0 Å². The van der Waals surface area contributed by atoms with Crippen LogP contribution >= 0.6 is 15.9 Å². The number of allylic oxidation sites excluding steroid dienone is 1. The molecule has 0 amide bonds. The van der Waals surface area contributed by atoms with Crippen LogP contribution in [0.25, 0.3) is 6.08 Å². The van der Waals surface area contributed by atoms with Gasteiger partial charge < -0.3 is 0 Å². The molecule has 0 aliphatic heterocycles. The van der Waals surface area contributed by atoms with Crippen LogP contribution < -0.4 is 0 Å². The van der Waals surface area contributed by atoms with Crippen LogP contribution in [0.15, 0.2) is 41.0 Å². The molecule has 2 rings (SSSR count). The summed E-state index contributed by atoms with van der Waals surface area (Å²) in [4.78, 5) is 12.2. The van der Waals surface area contributed by atoms with Crippen LogP contribution in [0.3, 0.4) is 0 Å². The van der Waals surface area contributed by atoms with Crippen LogP contribution in [0.4, 0.5) is 0 Å². The Kier molecular flexibility index (Phi) is 4.32. The Morgan fingerprint density at radius 1 is 1.37 bits per heavy atom. The fourth-order valence-electron chi connectivity index (χ4n) is 1.78. The standard InChI is InChI=1S/C15H15BrN2O/c1-3-18-15(13(16)10-17-18)14(19)9-8-12-6-4-11(2)5-7-12/h4-10H,3H2,1-2H3/b9-8+. The second-order valence-corrected chi connectivity index (χ2v) is 5.12. The highest BCUT2D eigenvalue weighted by Gasteiger charge is 2.13. The molecule has 0 saturated heterocycles. The van der Waals surface area contributed by atoms with E-state index in [2.05, 4.69) is 21.0 Å². The monoisotopic (exact) mass is 318 g/mol. The number of carbonyl (C=O) groups excluding carboxylic acids is 1. The highest BCUT2D eigenvalue weighted by atomic mass is 79.9. The first-order valence-corrected chi connectivity index (χ1v) is 6.91. The van der Waals surface area contributed by atoms with Crippen molar-refractivity contribution in [3.8, 4) is 0 Å². The van der Waals surface area contributed by atoms with Gasteiger partial charge in [-0.2, -0.15) is 5.10 Å². The molecule has 0 spiro atoms. The zero-order valence-electron chi connectivity index (χ0n) is 10.9. The third kappa shape index (κ3) is 3.20. The van der Waals surface area contributed by atoms with E-state index in [1.54, 1.807) is 17.0 Å². The lowest BCUT2D eigenvalue weighted by molar-refractivity contribution is 0.103. The van der Waals surface area contributed by atoms with Gasteiger partial charge in [0.2, 0.25) is 5.78 Å². The van der Waals surface area contributed by atoms with Crippen LogP contribution in [-0.2, 0) is 6.54 Å². The minimum Gasteiger partial charge on any atom is -0.288 e. The molecule has 0 fully saturated rings. The number of nitrogens with zero attached hydrogens (tertiary/aromatic N) is 2. The van der Waals surface area contributed by atoms with Gasteiger partial charge in [-0.05, 0) is 41.4 Å². The molecular weight excluding hydrogens is 304 g/mol. The first kappa shape index (κ1) is 13.7. The first-order chi connectivity index (χ1) is 9.11. The van der Waals surface area contributed by atoms with Crippen molar-refractivity contribution in [1.82, 2.24) is 9.78 Å².